The molecule has 0 rings (SSSR count). The summed E-state index contributed by atoms with van der Waals surface area (Å²) in [6, 6.07) is 0.236. The molecule has 0 unspecified atom stereocenters. The molecule has 0 aliphatic heterocycles. The zero-order chi connectivity index (χ0) is 7.28. The highest BCUT2D eigenvalue weighted by molar-refractivity contribution is 5.85. The summed E-state index contributed by atoms with van der Waals surface area (Å²) in [5.41, 5.74) is 0. The van der Waals surface area contributed by atoms with Gasteiger partial charge in [0.25, 0.3) is 0 Å². The topological polar surface area (TPSA) is 30.5 Å². The van der Waals surface area contributed by atoms with E-state index in [1.165, 1.54) is 0 Å². The van der Waals surface area contributed by atoms with Crippen LogP contribution in [0.2, 0.25) is 0 Å². The van der Waals surface area contributed by atoms with E-state index in [-0.39, 0.29) is 24.7 Å². The zero-order valence-corrected chi connectivity index (χ0v) is 7.70. The van der Waals surface area contributed by atoms with Crippen LogP contribution < -0.4 is 5.32 Å². The van der Waals surface area contributed by atoms with E-state index in [0.717, 1.165) is 0 Å². The smallest absolute Gasteiger partial charge is 0.171 e. The number of likely N-dealkylation sites (N-methyl/N-ethyl adjacent to an activating group) is 1. The van der Waals surface area contributed by atoms with Crippen molar-refractivity contribution in [2.24, 2.45) is 0 Å². The Kier molecular flexibility index (Phi) is 9.33. The number of hydrogen-bond acceptors (Lipinski definition) is 3. The first-order valence-electron chi connectivity index (χ1n) is 2.99. The van der Waals surface area contributed by atoms with Crippen LogP contribution in [-0.4, -0.2) is 33.6 Å². The summed E-state index contributed by atoms with van der Waals surface area (Å²) < 4.78 is 9.93. The Balaban J connectivity index is 0. The molecular formula is C6H16ClNO2. The summed E-state index contributed by atoms with van der Waals surface area (Å²) in [6.07, 6.45) is -0.144. The van der Waals surface area contributed by atoms with Crippen LogP contribution in [0.4, 0.5) is 0 Å². The van der Waals surface area contributed by atoms with Crippen molar-refractivity contribution in [2.75, 3.05) is 21.3 Å². The molecule has 0 aromatic heterocycles. The first kappa shape index (κ1) is 12.8. The van der Waals surface area contributed by atoms with Gasteiger partial charge in [0.05, 0.1) is 6.04 Å². The van der Waals surface area contributed by atoms with E-state index in [1.54, 1.807) is 14.2 Å². The molecule has 1 N–H and O–H groups in total. The Morgan fingerprint density at radius 1 is 1.20 bits per heavy atom. The molecule has 0 fully saturated rings. The van der Waals surface area contributed by atoms with Gasteiger partial charge in [0.15, 0.2) is 6.29 Å². The molecule has 1 atom stereocenters. The lowest BCUT2D eigenvalue weighted by Gasteiger charge is -2.19. The lowest BCUT2D eigenvalue weighted by atomic mass is 10.3. The molecule has 0 aliphatic carbocycles. The van der Waals surface area contributed by atoms with Crippen LogP contribution in [0.25, 0.3) is 0 Å². The van der Waals surface area contributed by atoms with Gasteiger partial charge < -0.3 is 14.8 Å². The molecule has 10 heavy (non-hydrogen) atoms. The minimum atomic E-state index is -0.144. The van der Waals surface area contributed by atoms with E-state index in [0.29, 0.717) is 0 Å². The summed E-state index contributed by atoms with van der Waals surface area (Å²) in [4.78, 5) is 0. The maximum absolute atomic E-state index is 4.97. The van der Waals surface area contributed by atoms with Gasteiger partial charge in [0, 0.05) is 14.2 Å². The summed E-state index contributed by atoms with van der Waals surface area (Å²) in [6.45, 7) is 2.00. The maximum Gasteiger partial charge on any atom is 0.171 e. The van der Waals surface area contributed by atoms with Crippen molar-refractivity contribution < 1.29 is 9.47 Å². The number of methoxy groups -OCH3 is 2. The lowest BCUT2D eigenvalue weighted by molar-refractivity contribution is -0.118. The average molecular weight is 170 g/mol. The van der Waals surface area contributed by atoms with Crippen molar-refractivity contribution in [3.8, 4) is 0 Å². The molecular weight excluding hydrogens is 154 g/mol. The van der Waals surface area contributed by atoms with E-state index in [2.05, 4.69) is 5.32 Å². The molecule has 0 saturated heterocycles. The zero-order valence-electron chi connectivity index (χ0n) is 6.88. The van der Waals surface area contributed by atoms with Gasteiger partial charge in [-0.05, 0) is 14.0 Å². The fourth-order valence-corrected chi connectivity index (χ4v) is 0.641. The molecule has 0 radical (unpaired) electrons. The van der Waals surface area contributed by atoms with Gasteiger partial charge in [-0.1, -0.05) is 0 Å². The minimum Gasteiger partial charge on any atom is -0.354 e. The molecule has 0 bridgehead atoms. The summed E-state index contributed by atoms with van der Waals surface area (Å²) >= 11 is 0. The van der Waals surface area contributed by atoms with Crippen molar-refractivity contribution in [3.63, 3.8) is 0 Å². The third-order valence-corrected chi connectivity index (χ3v) is 1.33. The van der Waals surface area contributed by atoms with Crippen LogP contribution in [0.1, 0.15) is 6.92 Å². The molecule has 64 valence electrons. The van der Waals surface area contributed by atoms with Crippen LogP contribution >= 0.6 is 12.4 Å². The summed E-state index contributed by atoms with van der Waals surface area (Å²) in [5, 5.41) is 3.02. The molecule has 0 saturated carbocycles. The van der Waals surface area contributed by atoms with Gasteiger partial charge in [-0.3, -0.25) is 0 Å². The van der Waals surface area contributed by atoms with Crippen LogP contribution in [0.15, 0.2) is 0 Å². The Hall–Kier alpha value is 0.170. The largest absolute Gasteiger partial charge is 0.354 e. The monoisotopic (exact) mass is 169 g/mol. The third kappa shape index (κ3) is 4.06. The van der Waals surface area contributed by atoms with Crippen molar-refractivity contribution in [1.82, 2.24) is 5.32 Å². The number of hydrogen-bond donors (Lipinski definition) is 1. The van der Waals surface area contributed by atoms with Gasteiger partial charge in [0.2, 0.25) is 0 Å². The molecule has 0 aromatic carbocycles. The minimum absolute atomic E-state index is 0. The summed E-state index contributed by atoms with van der Waals surface area (Å²) in [5.74, 6) is 0. The average Bonchev–Trinajstić information content (AvgIpc) is 1.90. The number of rotatable bonds is 4. The van der Waals surface area contributed by atoms with Crippen molar-refractivity contribution in [2.45, 2.75) is 19.3 Å². The highest BCUT2D eigenvalue weighted by Crippen LogP contribution is 1.96. The second kappa shape index (κ2) is 7.28. The standard InChI is InChI=1S/C6H15NO2.ClH/c1-5(7-2)6(8-3)9-4;/h5-7H,1-4H3;1H/t5-;/m0./s1. The van der Waals surface area contributed by atoms with E-state index in [1.807, 2.05) is 14.0 Å². The fraction of sp³-hybridized carbons (Fsp3) is 1.00. The predicted octanol–water partition coefficient (Wildman–Crippen LogP) is 0.635. The van der Waals surface area contributed by atoms with Crippen LogP contribution in [0, 0.1) is 0 Å². The molecule has 0 spiro atoms. The van der Waals surface area contributed by atoms with Gasteiger partial charge in [-0.2, -0.15) is 0 Å². The molecule has 0 aliphatic rings. The SMILES string of the molecule is CN[C@@H](C)C(OC)OC.Cl. The number of nitrogens with one attached hydrogen (secondary N) is 1. The molecule has 3 nitrogen and oxygen atoms in total. The first-order valence-corrected chi connectivity index (χ1v) is 2.99. The molecule has 0 heterocycles. The van der Waals surface area contributed by atoms with Crippen molar-refractivity contribution in [3.05, 3.63) is 0 Å². The van der Waals surface area contributed by atoms with Crippen LogP contribution in [-0.2, 0) is 9.47 Å². The van der Waals surface area contributed by atoms with Gasteiger partial charge in [-0.15, -0.1) is 12.4 Å². The quantitative estimate of drug-likeness (QED) is 0.627. The predicted molar refractivity (Wildman–Crippen MR) is 43.6 cm³/mol. The van der Waals surface area contributed by atoms with E-state index < -0.39 is 0 Å². The van der Waals surface area contributed by atoms with E-state index >= 15 is 0 Å². The Bertz CT molecular complexity index is 68.8. The Morgan fingerprint density at radius 3 is 1.70 bits per heavy atom. The summed E-state index contributed by atoms with van der Waals surface area (Å²) in [7, 11) is 5.12. The molecule has 0 aromatic rings. The normalized spacial score (nSPS) is 12.9. The highest BCUT2D eigenvalue weighted by Gasteiger charge is 2.11. The first-order chi connectivity index (χ1) is 4.26. The van der Waals surface area contributed by atoms with Gasteiger partial charge in [0.1, 0.15) is 0 Å². The number of halogens is 1. The van der Waals surface area contributed by atoms with E-state index in [9.17, 15) is 0 Å². The number of ether oxygens (including phenoxy) is 2. The lowest BCUT2D eigenvalue weighted by Crippen LogP contribution is -2.37. The highest BCUT2D eigenvalue weighted by atomic mass is 35.5. The molecule has 0 amide bonds. The van der Waals surface area contributed by atoms with Crippen molar-refractivity contribution in [1.29, 1.82) is 0 Å². The second-order valence-corrected chi connectivity index (χ2v) is 1.92. The van der Waals surface area contributed by atoms with Crippen LogP contribution in [0.3, 0.4) is 0 Å². The second-order valence-electron chi connectivity index (χ2n) is 1.92. The fourth-order valence-electron chi connectivity index (χ4n) is 0.641. The van der Waals surface area contributed by atoms with E-state index in [4.69, 9.17) is 9.47 Å². The Morgan fingerprint density at radius 2 is 1.60 bits per heavy atom. The van der Waals surface area contributed by atoms with Gasteiger partial charge in [-0.25, -0.2) is 0 Å². The Labute approximate surface area is 68.5 Å². The maximum atomic E-state index is 4.97. The third-order valence-electron chi connectivity index (χ3n) is 1.33. The van der Waals surface area contributed by atoms with Crippen molar-refractivity contribution >= 4 is 12.4 Å². The van der Waals surface area contributed by atoms with Crippen LogP contribution in [0.5, 0.6) is 0 Å². The van der Waals surface area contributed by atoms with Gasteiger partial charge >= 0.3 is 0 Å². The molecule has 4 heteroatoms.